The second-order valence-electron chi connectivity index (χ2n) is 3.31. The summed E-state index contributed by atoms with van der Waals surface area (Å²) in [6.45, 7) is 1.79. The number of hydrogen-bond acceptors (Lipinski definition) is 3. The lowest BCUT2D eigenvalue weighted by molar-refractivity contribution is -0.141. The molecule has 1 aromatic rings. The third-order valence-electron chi connectivity index (χ3n) is 2.39. The molecule has 1 unspecified atom stereocenters. The summed E-state index contributed by atoms with van der Waals surface area (Å²) < 4.78 is 0. The molecular weight excluding hydrogens is 182 g/mol. The molecule has 1 aliphatic heterocycles. The van der Waals surface area contributed by atoms with Crippen molar-refractivity contribution >= 4 is 11.8 Å². The van der Waals surface area contributed by atoms with Crippen molar-refractivity contribution in [1.29, 1.82) is 0 Å². The molecule has 0 aromatic carbocycles. The number of aromatic nitrogens is 2. The number of aromatic amines is 1. The Labute approximate surface area is 81.1 Å². The summed E-state index contributed by atoms with van der Waals surface area (Å²) in [5, 5.41) is 0. The zero-order chi connectivity index (χ0) is 10.1. The fraction of sp³-hybridized carbons (Fsp3) is 0.444. The van der Waals surface area contributed by atoms with Crippen molar-refractivity contribution in [3.63, 3.8) is 0 Å². The zero-order valence-corrected chi connectivity index (χ0v) is 7.86. The average Bonchev–Trinajstić information content (AvgIpc) is 2.75. The van der Waals surface area contributed by atoms with Crippen LogP contribution >= 0.6 is 0 Å². The predicted octanol–water partition coefficient (Wildman–Crippen LogP) is 0.620. The second kappa shape index (κ2) is 3.25. The van der Waals surface area contributed by atoms with Crippen LogP contribution in [0.1, 0.15) is 31.6 Å². The number of carbonyl (C=O) groups is 2. The summed E-state index contributed by atoms with van der Waals surface area (Å²) in [5.74, 6) is 0.423. The number of likely N-dealkylation sites (tertiary alicyclic amines) is 1. The molecule has 0 radical (unpaired) electrons. The van der Waals surface area contributed by atoms with E-state index in [0.717, 1.165) is 0 Å². The molecule has 1 N–H and O–H groups in total. The van der Waals surface area contributed by atoms with Crippen LogP contribution in [0.2, 0.25) is 0 Å². The van der Waals surface area contributed by atoms with E-state index in [0.29, 0.717) is 18.7 Å². The Kier molecular flexibility index (Phi) is 2.07. The fourth-order valence-corrected chi connectivity index (χ4v) is 1.65. The molecule has 5 heteroatoms. The number of hydrogen-bond donors (Lipinski definition) is 1. The molecule has 14 heavy (non-hydrogen) atoms. The molecule has 0 spiro atoms. The van der Waals surface area contributed by atoms with Crippen molar-refractivity contribution in [3.8, 4) is 0 Å². The molecule has 1 fully saturated rings. The van der Waals surface area contributed by atoms with Crippen molar-refractivity contribution in [2.24, 2.45) is 0 Å². The molecule has 2 heterocycles. The Balaban J connectivity index is 2.22. The van der Waals surface area contributed by atoms with Crippen LogP contribution in [0.5, 0.6) is 0 Å². The van der Waals surface area contributed by atoms with Gasteiger partial charge in [0, 0.05) is 25.2 Å². The molecule has 1 atom stereocenters. The second-order valence-corrected chi connectivity index (χ2v) is 3.31. The average molecular weight is 193 g/mol. The number of carbonyl (C=O) groups excluding carboxylic acids is 2. The molecule has 5 nitrogen and oxygen atoms in total. The minimum atomic E-state index is -0.285. The smallest absolute Gasteiger partial charge is 0.230 e. The third-order valence-corrected chi connectivity index (χ3v) is 2.39. The van der Waals surface area contributed by atoms with E-state index in [1.165, 1.54) is 4.90 Å². The number of amides is 2. The number of H-pyrrole nitrogens is 1. The van der Waals surface area contributed by atoms with E-state index in [4.69, 9.17) is 0 Å². The standard InChI is InChI=1S/C9H11N3O2/c1-6(9-10-4-5-11-9)12-7(13)2-3-8(12)14/h4-6H,2-3H2,1H3,(H,10,11). The van der Waals surface area contributed by atoms with Gasteiger partial charge in [-0.2, -0.15) is 0 Å². The van der Waals surface area contributed by atoms with Crippen molar-refractivity contribution in [1.82, 2.24) is 14.9 Å². The first-order chi connectivity index (χ1) is 6.70. The molecule has 74 valence electrons. The van der Waals surface area contributed by atoms with Crippen LogP contribution < -0.4 is 0 Å². The first kappa shape index (κ1) is 8.93. The van der Waals surface area contributed by atoms with Crippen molar-refractivity contribution < 1.29 is 9.59 Å². The number of imidazole rings is 1. The van der Waals surface area contributed by atoms with E-state index in [2.05, 4.69) is 9.97 Å². The van der Waals surface area contributed by atoms with Gasteiger partial charge in [0.15, 0.2) is 0 Å². The molecule has 0 aliphatic carbocycles. The van der Waals surface area contributed by atoms with Gasteiger partial charge < -0.3 is 4.98 Å². The Morgan fingerprint density at radius 1 is 1.43 bits per heavy atom. The summed E-state index contributed by atoms with van der Waals surface area (Å²) in [5.41, 5.74) is 0. The van der Waals surface area contributed by atoms with Crippen LogP contribution in [-0.2, 0) is 9.59 Å². The van der Waals surface area contributed by atoms with Gasteiger partial charge >= 0.3 is 0 Å². The molecule has 0 saturated carbocycles. The van der Waals surface area contributed by atoms with Gasteiger partial charge in [-0.3, -0.25) is 14.5 Å². The van der Waals surface area contributed by atoms with E-state index in [1.807, 2.05) is 0 Å². The lowest BCUT2D eigenvalue weighted by Gasteiger charge is -2.20. The fourth-order valence-electron chi connectivity index (χ4n) is 1.65. The highest BCUT2D eigenvalue weighted by Crippen LogP contribution is 2.23. The number of imide groups is 1. The molecular formula is C9H11N3O2. The van der Waals surface area contributed by atoms with E-state index < -0.39 is 0 Å². The number of rotatable bonds is 2. The van der Waals surface area contributed by atoms with E-state index >= 15 is 0 Å². The Morgan fingerprint density at radius 3 is 2.57 bits per heavy atom. The maximum atomic E-state index is 11.4. The normalized spacial score (nSPS) is 19.1. The van der Waals surface area contributed by atoms with Crippen LogP contribution in [0, 0.1) is 0 Å². The van der Waals surface area contributed by atoms with Gasteiger partial charge in [0.1, 0.15) is 5.82 Å². The SMILES string of the molecule is CC(c1ncc[nH]1)N1C(=O)CCC1=O. The van der Waals surface area contributed by atoms with E-state index in [1.54, 1.807) is 19.3 Å². The van der Waals surface area contributed by atoms with Crippen molar-refractivity contribution in [2.45, 2.75) is 25.8 Å². The minimum absolute atomic E-state index is 0.112. The summed E-state index contributed by atoms with van der Waals surface area (Å²) in [6, 6.07) is -0.285. The van der Waals surface area contributed by atoms with Gasteiger partial charge in [0.2, 0.25) is 11.8 Å². The number of nitrogens with zero attached hydrogens (tertiary/aromatic N) is 2. The van der Waals surface area contributed by atoms with Crippen molar-refractivity contribution in [2.75, 3.05) is 0 Å². The van der Waals surface area contributed by atoms with Gasteiger partial charge in [-0.05, 0) is 6.92 Å². The molecule has 1 aromatic heterocycles. The van der Waals surface area contributed by atoms with Gasteiger partial charge in [0.05, 0.1) is 6.04 Å². The highest BCUT2D eigenvalue weighted by molar-refractivity contribution is 6.02. The van der Waals surface area contributed by atoms with Gasteiger partial charge in [-0.15, -0.1) is 0 Å². The predicted molar refractivity (Wildman–Crippen MR) is 48.1 cm³/mol. The lowest BCUT2D eigenvalue weighted by Crippen LogP contribution is -2.32. The van der Waals surface area contributed by atoms with Gasteiger partial charge in [-0.1, -0.05) is 0 Å². The number of nitrogens with one attached hydrogen (secondary N) is 1. The minimum Gasteiger partial charge on any atom is -0.347 e. The summed E-state index contributed by atoms with van der Waals surface area (Å²) in [4.78, 5) is 31.0. The van der Waals surface area contributed by atoms with E-state index in [9.17, 15) is 9.59 Å². The quantitative estimate of drug-likeness (QED) is 0.700. The highest BCUT2D eigenvalue weighted by atomic mass is 16.2. The molecule has 2 rings (SSSR count). The zero-order valence-electron chi connectivity index (χ0n) is 7.86. The maximum absolute atomic E-state index is 11.4. The first-order valence-corrected chi connectivity index (χ1v) is 4.54. The Hall–Kier alpha value is -1.65. The van der Waals surface area contributed by atoms with Gasteiger partial charge in [0.25, 0.3) is 0 Å². The molecule has 1 saturated heterocycles. The topological polar surface area (TPSA) is 66.1 Å². The monoisotopic (exact) mass is 193 g/mol. The van der Waals surface area contributed by atoms with E-state index in [-0.39, 0.29) is 17.9 Å². The highest BCUT2D eigenvalue weighted by Gasteiger charge is 2.34. The molecule has 1 aliphatic rings. The van der Waals surface area contributed by atoms with Crippen LogP contribution in [0.25, 0.3) is 0 Å². The summed E-state index contributed by atoms with van der Waals surface area (Å²) in [6.07, 6.45) is 3.93. The van der Waals surface area contributed by atoms with Crippen LogP contribution in [0.3, 0.4) is 0 Å². The van der Waals surface area contributed by atoms with Gasteiger partial charge in [-0.25, -0.2) is 4.98 Å². The van der Waals surface area contributed by atoms with Crippen LogP contribution in [-0.4, -0.2) is 26.7 Å². The lowest BCUT2D eigenvalue weighted by atomic mass is 10.3. The molecule has 0 bridgehead atoms. The Morgan fingerprint density at radius 2 is 2.07 bits per heavy atom. The molecule has 2 amide bonds. The van der Waals surface area contributed by atoms with Crippen molar-refractivity contribution in [3.05, 3.63) is 18.2 Å². The van der Waals surface area contributed by atoms with Crippen LogP contribution in [0.4, 0.5) is 0 Å². The Bertz CT molecular complexity index is 342. The maximum Gasteiger partial charge on any atom is 0.230 e. The summed E-state index contributed by atoms with van der Waals surface area (Å²) in [7, 11) is 0. The summed E-state index contributed by atoms with van der Waals surface area (Å²) >= 11 is 0. The van der Waals surface area contributed by atoms with Crippen LogP contribution in [0.15, 0.2) is 12.4 Å². The first-order valence-electron chi connectivity index (χ1n) is 4.54. The largest absolute Gasteiger partial charge is 0.347 e. The third kappa shape index (κ3) is 1.30.